The summed E-state index contributed by atoms with van der Waals surface area (Å²) in [5.41, 5.74) is 20.0. The minimum Gasteiger partial charge on any atom is -0.309 e. The van der Waals surface area contributed by atoms with Crippen LogP contribution in [-0.4, -0.2) is 9.13 Å². The van der Waals surface area contributed by atoms with E-state index in [1.165, 1.54) is 137 Å². The number of hydrogen-bond acceptors (Lipinski definition) is 0. The zero-order valence-electron chi connectivity index (χ0n) is 36.6. The molecule has 16 rings (SSSR count). The summed E-state index contributed by atoms with van der Waals surface area (Å²) >= 11 is 0. The number of fused-ring (bicyclic) bond motifs is 10. The van der Waals surface area contributed by atoms with Crippen LogP contribution in [0.25, 0.3) is 99.1 Å². The van der Waals surface area contributed by atoms with Gasteiger partial charge in [0.25, 0.3) is 0 Å². The van der Waals surface area contributed by atoms with Crippen LogP contribution in [0.4, 0.5) is 0 Å². The Morgan fingerprint density at radius 2 is 0.908 bits per heavy atom. The van der Waals surface area contributed by atoms with E-state index >= 15 is 0 Å². The smallest absolute Gasteiger partial charge is 0.0541 e. The summed E-state index contributed by atoms with van der Waals surface area (Å²) in [7, 11) is 0. The molecule has 9 aromatic carbocycles. The Morgan fingerprint density at radius 3 is 1.68 bits per heavy atom. The van der Waals surface area contributed by atoms with Gasteiger partial charge in [-0.2, -0.15) is 0 Å². The van der Waals surface area contributed by atoms with Crippen molar-refractivity contribution in [2.75, 3.05) is 0 Å². The number of aromatic nitrogens is 2. The van der Waals surface area contributed by atoms with E-state index < -0.39 is 0 Å². The van der Waals surface area contributed by atoms with Crippen LogP contribution in [0.2, 0.25) is 0 Å². The summed E-state index contributed by atoms with van der Waals surface area (Å²) in [4.78, 5) is 0. The molecule has 1 spiro atoms. The zero-order chi connectivity index (χ0) is 42.5. The van der Waals surface area contributed by atoms with Gasteiger partial charge in [-0.25, -0.2) is 0 Å². The Labute approximate surface area is 379 Å². The van der Waals surface area contributed by atoms with Crippen molar-refractivity contribution in [1.29, 1.82) is 0 Å². The fourth-order valence-electron chi connectivity index (χ4n) is 14.5. The van der Waals surface area contributed by atoms with Crippen LogP contribution in [0.3, 0.4) is 0 Å². The second kappa shape index (κ2) is 13.2. The molecule has 11 aromatic rings. The number of nitrogens with zero attached hydrogens (tertiary/aromatic N) is 2. The summed E-state index contributed by atoms with van der Waals surface area (Å²) in [6.07, 6.45) is 7.06. The number of benzene rings is 9. The molecule has 0 aliphatic heterocycles. The number of para-hydroxylation sites is 1. The first-order chi connectivity index (χ1) is 32.1. The van der Waals surface area contributed by atoms with Crippen molar-refractivity contribution in [3.05, 3.63) is 205 Å². The molecule has 0 radical (unpaired) electrons. The van der Waals surface area contributed by atoms with Gasteiger partial charge >= 0.3 is 0 Å². The molecule has 2 nitrogen and oxygen atoms in total. The molecule has 4 bridgehead atoms. The van der Waals surface area contributed by atoms with E-state index in [0.717, 1.165) is 23.7 Å². The summed E-state index contributed by atoms with van der Waals surface area (Å²) in [6, 6.07) is 71.7. The molecule has 0 amide bonds. The third-order valence-electron chi connectivity index (χ3n) is 16.9. The maximum absolute atomic E-state index is 2.64. The fourth-order valence-corrected chi connectivity index (χ4v) is 14.5. The van der Waals surface area contributed by atoms with Crippen LogP contribution in [0.5, 0.6) is 0 Å². The summed E-state index contributed by atoms with van der Waals surface area (Å²) < 4.78 is 5.00. The molecule has 65 heavy (non-hydrogen) atoms. The van der Waals surface area contributed by atoms with E-state index in [1.54, 1.807) is 11.1 Å². The van der Waals surface area contributed by atoms with Crippen molar-refractivity contribution >= 4 is 54.4 Å². The zero-order valence-corrected chi connectivity index (χ0v) is 36.6. The van der Waals surface area contributed by atoms with Gasteiger partial charge in [-0.3, -0.25) is 0 Å². The first-order valence-electron chi connectivity index (χ1n) is 24.0. The van der Waals surface area contributed by atoms with Crippen LogP contribution >= 0.6 is 0 Å². The second-order valence-corrected chi connectivity index (χ2v) is 20.2. The molecule has 5 aliphatic carbocycles. The summed E-state index contributed by atoms with van der Waals surface area (Å²) in [5, 5.41) is 7.71. The summed E-state index contributed by atoms with van der Waals surface area (Å²) in [5.74, 6) is 3.34. The molecule has 4 fully saturated rings. The lowest BCUT2D eigenvalue weighted by atomic mass is 9.43. The van der Waals surface area contributed by atoms with Gasteiger partial charge in [0, 0.05) is 38.3 Å². The van der Waals surface area contributed by atoms with Gasteiger partial charge in [0.1, 0.15) is 0 Å². The highest BCUT2D eigenvalue weighted by atomic mass is 15.0. The second-order valence-electron chi connectivity index (χ2n) is 20.2. The van der Waals surface area contributed by atoms with Crippen molar-refractivity contribution in [1.82, 2.24) is 9.13 Å². The Kier molecular flexibility index (Phi) is 7.36. The first kappa shape index (κ1) is 36.2. The maximum atomic E-state index is 2.64. The van der Waals surface area contributed by atoms with Gasteiger partial charge in [-0.15, -0.1) is 0 Å². The van der Waals surface area contributed by atoms with E-state index in [1.807, 2.05) is 0 Å². The van der Waals surface area contributed by atoms with Crippen molar-refractivity contribution < 1.29 is 0 Å². The lowest BCUT2D eigenvalue weighted by molar-refractivity contribution is -0.0399. The molecule has 4 saturated carbocycles. The molecular weight excluding hydrogens is 785 g/mol. The molecule has 0 atom stereocenters. The highest BCUT2D eigenvalue weighted by Crippen LogP contribution is 2.69. The van der Waals surface area contributed by atoms with Gasteiger partial charge < -0.3 is 9.13 Å². The van der Waals surface area contributed by atoms with E-state index in [4.69, 9.17) is 0 Å². The molecule has 0 unspecified atom stereocenters. The topological polar surface area (TPSA) is 9.86 Å². The Balaban J connectivity index is 0.850. The normalized spacial score (nSPS) is 21.7. The maximum Gasteiger partial charge on any atom is 0.0541 e. The SMILES string of the molecule is Cc1ccc2c(c1)c1cc(-c3ccc4c(c3)c3ccccc3n4-c3ccc(-c4ccc5ccccc5c4)cc3)ccc1n2-c1ccc2c(c1)C1(c3ccccc3-2)C2CC3CC(C2)CC1C3. The molecule has 2 heteroatoms. The van der Waals surface area contributed by atoms with Crippen LogP contribution < -0.4 is 0 Å². The van der Waals surface area contributed by atoms with E-state index in [0.29, 0.717) is 0 Å². The van der Waals surface area contributed by atoms with E-state index in [2.05, 4.69) is 204 Å². The average Bonchev–Trinajstić information content (AvgIpc) is 3.96. The summed E-state index contributed by atoms with van der Waals surface area (Å²) in [6.45, 7) is 2.23. The molecule has 5 aliphatic rings. The molecule has 0 saturated heterocycles. The number of rotatable bonds is 4. The van der Waals surface area contributed by atoms with Gasteiger partial charge in [-0.05, 0) is 191 Å². The average molecular weight is 833 g/mol. The first-order valence-corrected chi connectivity index (χ1v) is 24.0. The highest BCUT2D eigenvalue weighted by molar-refractivity contribution is 6.13. The molecule has 2 aromatic heterocycles. The third-order valence-corrected chi connectivity index (χ3v) is 16.9. The monoisotopic (exact) mass is 832 g/mol. The molecule has 2 heterocycles. The molecule has 310 valence electrons. The van der Waals surface area contributed by atoms with E-state index in [9.17, 15) is 0 Å². The van der Waals surface area contributed by atoms with Crippen LogP contribution in [-0.2, 0) is 5.41 Å². The fraction of sp³-hybridized carbons (Fsp3) is 0.175. The number of hydrogen-bond donors (Lipinski definition) is 0. The van der Waals surface area contributed by atoms with E-state index in [-0.39, 0.29) is 5.41 Å². The Morgan fingerprint density at radius 1 is 0.369 bits per heavy atom. The molecular formula is C63H48N2. The predicted molar refractivity (Wildman–Crippen MR) is 271 cm³/mol. The Bertz CT molecular complexity index is 3770. The number of aryl methyl sites for hydroxylation is 1. The lowest BCUT2D eigenvalue weighted by Gasteiger charge is -2.61. The predicted octanol–water partition coefficient (Wildman–Crippen LogP) is 16.4. The van der Waals surface area contributed by atoms with Crippen molar-refractivity contribution in [2.24, 2.45) is 23.7 Å². The van der Waals surface area contributed by atoms with Gasteiger partial charge in [0.05, 0.1) is 22.1 Å². The minimum absolute atomic E-state index is 0.140. The van der Waals surface area contributed by atoms with Gasteiger partial charge in [0.15, 0.2) is 0 Å². The lowest BCUT2D eigenvalue weighted by Crippen LogP contribution is -2.55. The van der Waals surface area contributed by atoms with Gasteiger partial charge in [-0.1, -0.05) is 121 Å². The Hall–Kier alpha value is -7.16. The standard InChI is InChI=1S/C63H48N2/c1-38-14-25-60-54(28-38)56-36-46(20-27-62(56)65(60)50-23-24-52-51-10-4-6-12-57(51)63(58(52)37-50)47-30-39-29-40(32-47)33-48(63)31-39)45-19-26-61-55(35-45)53-11-5-7-13-59(53)64(61)49-21-17-42(18-22-49)44-16-15-41-8-2-3-9-43(41)34-44/h2-28,34-37,39-40,47-48H,29-33H2,1H3. The van der Waals surface area contributed by atoms with Crippen molar-refractivity contribution in [2.45, 2.75) is 44.4 Å². The van der Waals surface area contributed by atoms with Crippen molar-refractivity contribution in [3.8, 4) is 44.8 Å². The quantitative estimate of drug-likeness (QED) is 0.167. The van der Waals surface area contributed by atoms with Crippen LogP contribution in [0, 0.1) is 30.6 Å². The van der Waals surface area contributed by atoms with Crippen LogP contribution in [0.1, 0.15) is 48.8 Å². The van der Waals surface area contributed by atoms with Crippen molar-refractivity contribution in [3.63, 3.8) is 0 Å². The molecule has 0 N–H and O–H groups in total. The minimum atomic E-state index is 0.140. The van der Waals surface area contributed by atoms with Crippen LogP contribution in [0.15, 0.2) is 188 Å². The highest BCUT2D eigenvalue weighted by Gasteiger charge is 2.61. The largest absolute Gasteiger partial charge is 0.309 e. The third kappa shape index (κ3) is 5.00. The van der Waals surface area contributed by atoms with Gasteiger partial charge in [0.2, 0.25) is 0 Å².